The molecule has 0 amide bonds. The van der Waals surface area contributed by atoms with Crippen LogP contribution in [0.25, 0.3) is 0 Å². The molecule has 0 aromatic heterocycles. The molecule has 0 aromatic rings. The highest BCUT2D eigenvalue weighted by atomic mass is 16.5. The highest BCUT2D eigenvalue weighted by Gasteiger charge is 1.92. The van der Waals surface area contributed by atoms with Crippen molar-refractivity contribution in [3.63, 3.8) is 0 Å². The first-order valence-electron chi connectivity index (χ1n) is 2.19. The van der Waals surface area contributed by atoms with Gasteiger partial charge in [0.2, 0.25) is 0 Å². The summed E-state index contributed by atoms with van der Waals surface area (Å²) >= 11 is 0. The number of hydrogen-bond donors (Lipinski definition) is 2. The van der Waals surface area contributed by atoms with Crippen LogP contribution in [-0.4, -0.2) is 23.1 Å². The predicted octanol–water partition coefficient (Wildman–Crippen LogP) is -0.339. The summed E-state index contributed by atoms with van der Waals surface area (Å²) in [6, 6.07) is 0. The Balaban J connectivity index is 2.81. The highest BCUT2D eigenvalue weighted by Crippen LogP contribution is 1.83. The molecule has 0 saturated heterocycles. The van der Waals surface area contributed by atoms with Crippen LogP contribution < -0.4 is 0 Å². The lowest BCUT2D eigenvalue weighted by molar-refractivity contribution is -0.0821. The van der Waals surface area contributed by atoms with Crippen LogP contribution in [0.4, 0.5) is 0 Å². The second-order valence-electron chi connectivity index (χ2n) is 1.19. The average molecular weight is 117 g/mol. The predicted molar refractivity (Wildman–Crippen MR) is 28.7 cm³/mol. The Bertz CT molecular complexity index is 60.7. The zero-order valence-corrected chi connectivity index (χ0v) is 4.45. The van der Waals surface area contributed by atoms with Gasteiger partial charge in [-0.1, -0.05) is 6.08 Å². The van der Waals surface area contributed by atoms with Crippen LogP contribution in [0.15, 0.2) is 12.7 Å². The van der Waals surface area contributed by atoms with Crippen molar-refractivity contribution in [1.29, 1.82) is 0 Å². The van der Waals surface area contributed by atoms with Crippen molar-refractivity contribution in [2.45, 2.75) is 6.29 Å². The third-order valence-corrected chi connectivity index (χ3v) is 0.438. The molecule has 8 heavy (non-hydrogen) atoms. The fraction of sp³-hybridized carbons (Fsp3) is 0.400. The minimum Gasteiger partial charge on any atom is -0.366 e. The Morgan fingerprint density at radius 2 is 2.25 bits per heavy atom. The van der Waals surface area contributed by atoms with Crippen molar-refractivity contribution in [2.24, 2.45) is 0 Å². The van der Waals surface area contributed by atoms with Gasteiger partial charge in [0.25, 0.3) is 0 Å². The topological polar surface area (TPSA) is 49.7 Å². The summed E-state index contributed by atoms with van der Waals surface area (Å²) < 4.78 is 4.50. The molecule has 3 nitrogen and oxygen atoms in total. The highest BCUT2D eigenvalue weighted by molar-refractivity contribution is 4.76. The molecule has 0 rings (SSSR count). The van der Waals surface area contributed by atoms with Gasteiger partial charge in [-0.2, -0.15) is 0 Å². The molecule has 1 radical (unpaired) electrons. The van der Waals surface area contributed by atoms with E-state index in [-0.39, 0.29) is 6.61 Å². The van der Waals surface area contributed by atoms with E-state index in [0.29, 0.717) is 0 Å². The van der Waals surface area contributed by atoms with Gasteiger partial charge in [0, 0.05) is 0 Å². The minimum atomic E-state index is -1.40. The van der Waals surface area contributed by atoms with Crippen molar-refractivity contribution < 1.29 is 14.9 Å². The summed E-state index contributed by atoms with van der Waals surface area (Å²) in [5, 5.41) is 16.3. The lowest BCUT2D eigenvalue weighted by Crippen LogP contribution is -2.11. The van der Waals surface area contributed by atoms with E-state index < -0.39 is 6.29 Å². The first kappa shape index (κ1) is 7.62. The van der Waals surface area contributed by atoms with Gasteiger partial charge in [0.05, 0.1) is 6.61 Å². The third kappa shape index (κ3) is 5.62. The van der Waals surface area contributed by atoms with Crippen molar-refractivity contribution >= 4 is 0 Å². The molecule has 0 saturated carbocycles. The summed E-state index contributed by atoms with van der Waals surface area (Å²) in [7, 11) is 0. The van der Waals surface area contributed by atoms with Crippen LogP contribution in [0.5, 0.6) is 0 Å². The summed E-state index contributed by atoms with van der Waals surface area (Å²) in [4.78, 5) is 0. The molecule has 0 aromatic carbocycles. The van der Waals surface area contributed by atoms with Crippen molar-refractivity contribution in [3.05, 3.63) is 19.3 Å². The molecule has 0 atom stereocenters. The zero-order chi connectivity index (χ0) is 6.41. The van der Waals surface area contributed by atoms with Crippen molar-refractivity contribution in [1.82, 2.24) is 0 Å². The maximum atomic E-state index is 8.16. The number of rotatable bonds is 4. The molecular weight excluding hydrogens is 108 g/mol. The van der Waals surface area contributed by atoms with E-state index in [0.717, 1.165) is 0 Å². The molecule has 0 unspecified atom stereocenters. The van der Waals surface area contributed by atoms with E-state index in [1.54, 1.807) is 0 Å². The normalized spacial score (nSPS) is 9.88. The molecule has 0 spiro atoms. The average Bonchev–Trinajstić information content (AvgIpc) is 1.66. The van der Waals surface area contributed by atoms with Crippen LogP contribution in [0.2, 0.25) is 0 Å². The second kappa shape index (κ2) is 4.77. The van der Waals surface area contributed by atoms with Gasteiger partial charge < -0.3 is 14.9 Å². The van der Waals surface area contributed by atoms with E-state index in [1.165, 1.54) is 12.7 Å². The maximum absolute atomic E-state index is 8.16. The molecular formula is C5H9O3. The van der Waals surface area contributed by atoms with E-state index in [2.05, 4.69) is 11.3 Å². The minimum absolute atomic E-state index is 0.105. The SMILES string of the molecule is C=C[CH]OCC(O)O. The van der Waals surface area contributed by atoms with Crippen LogP contribution in [0, 0.1) is 6.61 Å². The first-order valence-corrected chi connectivity index (χ1v) is 2.19. The van der Waals surface area contributed by atoms with E-state index >= 15 is 0 Å². The van der Waals surface area contributed by atoms with Crippen LogP contribution in [0.1, 0.15) is 0 Å². The van der Waals surface area contributed by atoms with Gasteiger partial charge in [-0.05, 0) is 0 Å². The fourth-order valence-corrected chi connectivity index (χ4v) is 0.210. The Hall–Kier alpha value is -0.380. The monoisotopic (exact) mass is 117 g/mol. The summed E-state index contributed by atoms with van der Waals surface area (Å²) in [5.41, 5.74) is 0. The lowest BCUT2D eigenvalue weighted by atomic mass is 10.6. The molecule has 0 aliphatic carbocycles. The van der Waals surface area contributed by atoms with E-state index in [4.69, 9.17) is 10.2 Å². The molecule has 0 aliphatic rings. The number of aliphatic hydroxyl groups excluding tert-OH is 1. The zero-order valence-electron chi connectivity index (χ0n) is 4.45. The summed E-state index contributed by atoms with van der Waals surface area (Å²) in [6.45, 7) is 4.50. The molecule has 2 N–H and O–H groups in total. The molecule has 0 fully saturated rings. The summed E-state index contributed by atoms with van der Waals surface area (Å²) in [6.07, 6.45) is 0.0220. The van der Waals surface area contributed by atoms with Crippen molar-refractivity contribution in [2.75, 3.05) is 6.61 Å². The molecule has 47 valence electrons. The Labute approximate surface area is 48.2 Å². The smallest absolute Gasteiger partial charge is 0.175 e. The Morgan fingerprint density at radius 3 is 2.62 bits per heavy atom. The van der Waals surface area contributed by atoms with Crippen LogP contribution in [-0.2, 0) is 4.74 Å². The second-order valence-corrected chi connectivity index (χ2v) is 1.19. The maximum Gasteiger partial charge on any atom is 0.175 e. The van der Waals surface area contributed by atoms with Crippen molar-refractivity contribution in [3.8, 4) is 0 Å². The van der Waals surface area contributed by atoms with Crippen LogP contribution in [0.3, 0.4) is 0 Å². The fourth-order valence-electron chi connectivity index (χ4n) is 0.210. The Morgan fingerprint density at radius 1 is 1.62 bits per heavy atom. The number of hydrogen-bond acceptors (Lipinski definition) is 3. The molecule has 0 bridgehead atoms. The van der Waals surface area contributed by atoms with Gasteiger partial charge in [0.1, 0.15) is 6.61 Å². The molecule has 3 heteroatoms. The van der Waals surface area contributed by atoms with Gasteiger partial charge in [-0.15, -0.1) is 6.58 Å². The third-order valence-electron chi connectivity index (χ3n) is 0.438. The van der Waals surface area contributed by atoms with E-state index in [1.807, 2.05) is 0 Å². The standard InChI is InChI=1S/C5H9O3/c1-2-3-8-4-5(6)7/h2-3,5-7H,1,4H2. The largest absolute Gasteiger partial charge is 0.366 e. The van der Waals surface area contributed by atoms with E-state index in [9.17, 15) is 0 Å². The number of ether oxygens (including phenoxy) is 1. The molecule has 0 aliphatic heterocycles. The Kier molecular flexibility index (Phi) is 4.54. The first-order chi connectivity index (χ1) is 3.77. The molecule has 0 heterocycles. The quantitative estimate of drug-likeness (QED) is 0.391. The van der Waals surface area contributed by atoms with Gasteiger partial charge in [0.15, 0.2) is 6.29 Å². The van der Waals surface area contributed by atoms with Gasteiger partial charge >= 0.3 is 0 Å². The number of aliphatic hydroxyl groups is 2. The van der Waals surface area contributed by atoms with Gasteiger partial charge in [-0.25, -0.2) is 0 Å². The lowest BCUT2D eigenvalue weighted by Gasteiger charge is -2.00. The van der Waals surface area contributed by atoms with Crippen LogP contribution >= 0.6 is 0 Å². The van der Waals surface area contributed by atoms with Gasteiger partial charge in [-0.3, -0.25) is 0 Å². The summed E-state index contributed by atoms with van der Waals surface area (Å²) in [5.74, 6) is 0.